The number of carboxylic acids is 1. The maximum Gasteiger partial charge on any atom is 0.314 e. The number of carboxylic acid groups (broad SMARTS) is 1. The third kappa shape index (κ3) is 1.61. The van der Waals surface area contributed by atoms with Crippen molar-refractivity contribution in [2.45, 2.75) is 18.3 Å². The van der Waals surface area contributed by atoms with Gasteiger partial charge in [-0.1, -0.05) is 11.6 Å². The van der Waals surface area contributed by atoms with Crippen molar-refractivity contribution >= 4 is 17.6 Å². The van der Waals surface area contributed by atoms with Crippen LogP contribution in [0.4, 0.5) is 4.39 Å². The molecule has 92 valence electrons. The van der Waals surface area contributed by atoms with Gasteiger partial charge in [-0.3, -0.25) is 4.79 Å². The van der Waals surface area contributed by atoms with Crippen LogP contribution in [0.3, 0.4) is 0 Å². The number of aliphatic carboxylic acids is 1. The molecule has 0 aliphatic heterocycles. The SMILES string of the molecule is COc1c(O)cc(Cl)c(F)c1C1(C(=O)O)CC1. The number of benzene rings is 1. The minimum Gasteiger partial charge on any atom is -0.504 e. The average molecular weight is 261 g/mol. The monoisotopic (exact) mass is 260 g/mol. The summed E-state index contributed by atoms with van der Waals surface area (Å²) in [6.45, 7) is 0. The summed E-state index contributed by atoms with van der Waals surface area (Å²) in [4.78, 5) is 11.2. The topological polar surface area (TPSA) is 66.8 Å². The maximum absolute atomic E-state index is 13.9. The highest BCUT2D eigenvalue weighted by Crippen LogP contribution is 2.55. The minimum atomic E-state index is -1.32. The summed E-state index contributed by atoms with van der Waals surface area (Å²) in [7, 11) is 1.24. The molecule has 0 heterocycles. The standard InChI is InChI=1S/C11H10ClFO4/c1-17-9-6(14)4-5(12)8(13)7(9)11(2-3-11)10(15)16/h4,14H,2-3H2,1H3,(H,15,16). The predicted molar refractivity (Wildman–Crippen MR) is 58.2 cm³/mol. The number of aromatic hydroxyl groups is 1. The number of hydrogen-bond donors (Lipinski definition) is 2. The molecule has 1 aromatic carbocycles. The molecule has 0 unspecified atom stereocenters. The Hall–Kier alpha value is -1.49. The summed E-state index contributed by atoms with van der Waals surface area (Å²) in [5.74, 6) is -2.51. The molecular weight excluding hydrogens is 251 g/mol. The van der Waals surface area contributed by atoms with Gasteiger partial charge in [-0.25, -0.2) is 4.39 Å². The molecule has 6 heteroatoms. The molecule has 1 aliphatic rings. The molecule has 1 aromatic rings. The maximum atomic E-state index is 13.9. The molecule has 2 N–H and O–H groups in total. The van der Waals surface area contributed by atoms with Gasteiger partial charge in [0.1, 0.15) is 5.82 Å². The predicted octanol–water partition coefficient (Wildman–Crippen LogP) is 2.31. The number of halogens is 2. The van der Waals surface area contributed by atoms with Gasteiger partial charge in [-0.05, 0) is 12.8 Å². The second-order valence-electron chi connectivity index (χ2n) is 3.99. The number of phenolic OH excluding ortho intramolecular Hbond substituents is 1. The molecule has 17 heavy (non-hydrogen) atoms. The van der Waals surface area contributed by atoms with Crippen LogP contribution in [-0.4, -0.2) is 23.3 Å². The molecule has 0 bridgehead atoms. The highest BCUT2D eigenvalue weighted by Gasteiger charge is 2.55. The summed E-state index contributed by atoms with van der Waals surface area (Å²) < 4.78 is 18.8. The lowest BCUT2D eigenvalue weighted by Crippen LogP contribution is -2.22. The first kappa shape index (κ1) is 12.0. The van der Waals surface area contributed by atoms with Crippen molar-refractivity contribution in [3.05, 3.63) is 22.5 Å². The lowest BCUT2D eigenvalue weighted by molar-refractivity contribution is -0.140. The molecule has 0 aromatic heterocycles. The van der Waals surface area contributed by atoms with Crippen LogP contribution >= 0.6 is 11.6 Å². The number of carbonyl (C=O) groups is 1. The van der Waals surface area contributed by atoms with Crippen molar-refractivity contribution in [3.63, 3.8) is 0 Å². The Labute approximate surface area is 102 Å². The zero-order chi connectivity index (χ0) is 12.8. The van der Waals surface area contributed by atoms with Crippen LogP contribution in [-0.2, 0) is 10.2 Å². The van der Waals surface area contributed by atoms with Crippen LogP contribution in [0.5, 0.6) is 11.5 Å². The highest BCUT2D eigenvalue weighted by molar-refractivity contribution is 6.31. The van der Waals surface area contributed by atoms with Crippen LogP contribution in [0.2, 0.25) is 5.02 Å². The first-order chi connectivity index (χ1) is 7.94. The van der Waals surface area contributed by atoms with E-state index in [1.807, 2.05) is 0 Å². The number of rotatable bonds is 3. The summed E-state index contributed by atoms with van der Waals surface area (Å²) >= 11 is 5.60. The zero-order valence-electron chi connectivity index (χ0n) is 8.96. The molecule has 4 nitrogen and oxygen atoms in total. The zero-order valence-corrected chi connectivity index (χ0v) is 9.71. The largest absolute Gasteiger partial charge is 0.504 e. The molecule has 1 aliphatic carbocycles. The van der Waals surface area contributed by atoms with Crippen molar-refractivity contribution in [2.75, 3.05) is 7.11 Å². The third-order valence-electron chi connectivity index (χ3n) is 2.99. The van der Waals surface area contributed by atoms with E-state index in [0.29, 0.717) is 12.8 Å². The van der Waals surface area contributed by atoms with Crippen LogP contribution in [0.1, 0.15) is 18.4 Å². The first-order valence-electron chi connectivity index (χ1n) is 4.93. The molecule has 1 saturated carbocycles. The normalized spacial score (nSPS) is 16.6. The van der Waals surface area contributed by atoms with E-state index < -0.39 is 17.2 Å². The van der Waals surface area contributed by atoms with E-state index in [0.717, 1.165) is 6.07 Å². The van der Waals surface area contributed by atoms with E-state index in [4.69, 9.17) is 21.4 Å². The molecule has 0 amide bonds. The first-order valence-corrected chi connectivity index (χ1v) is 5.30. The minimum absolute atomic E-state index is 0.160. The van der Waals surface area contributed by atoms with Gasteiger partial charge >= 0.3 is 5.97 Å². The van der Waals surface area contributed by atoms with Gasteiger partial charge in [0.05, 0.1) is 23.1 Å². The van der Waals surface area contributed by atoms with E-state index >= 15 is 0 Å². The number of methoxy groups -OCH3 is 1. The molecule has 0 radical (unpaired) electrons. The summed E-state index contributed by atoms with van der Waals surface area (Å²) in [5.41, 5.74) is -1.49. The summed E-state index contributed by atoms with van der Waals surface area (Å²) in [6, 6.07) is 0.997. The van der Waals surface area contributed by atoms with Crippen molar-refractivity contribution in [1.29, 1.82) is 0 Å². The van der Waals surface area contributed by atoms with Crippen LogP contribution in [0.25, 0.3) is 0 Å². The van der Waals surface area contributed by atoms with E-state index in [1.165, 1.54) is 7.11 Å². The second kappa shape index (κ2) is 3.77. The van der Waals surface area contributed by atoms with Crippen LogP contribution in [0.15, 0.2) is 6.07 Å². The molecule has 1 fully saturated rings. The van der Waals surface area contributed by atoms with E-state index in [9.17, 15) is 14.3 Å². The van der Waals surface area contributed by atoms with Crippen molar-refractivity contribution in [2.24, 2.45) is 0 Å². The number of phenols is 1. The smallest absolute Gasteiger partial charge is 0.314 e. The van der Waals surface area contributed by atoms with Gasteiger partial charge in [-0.2, -0.15) is 0 Å². The number of ether oxygens (including phenoxy) is 1. The van der Waals surface area contributed by atoms with E-state index in [1.54, 1.807) is 0 Å². The fourth-order valence-electron chi connectivity index (χ4n) is 1.93. The number of hydrogen-bond acceptors (Lipinski definition) is 3. The van der Waals surface area contributed by atoms with Gasteiger partial charge in [0.25, 0.3) is 0 Å². The Balaban J connectivity index is 2.71. The lowest BCUT2D eigenvalue weighted by atomic mass is 9.94. The fourth-order valence-corrected chi connectivity index (χ4v) is 2.12. The molecular formula is C11H10ClFO4. The highest BCUT2D eigenvalue weighted by atomic mass is 35.5. The quantitative estimate of drug-likeness (QED) is 0.875. The Morgan fingerprint density at radius 3 is 2.59 bits per heavy atom. The van der Waals surface area contributed by atoms with Gasteiger partial charge in [0.2, 0.25) is 0 Å². The van der Waals surface area contributed by atoms with Gasteiger partial charge in [0, 0.05) is 6.07 Å². The third-order valence-corrected chi connectivity index (χ3v) is 3.27. The fraction of sp³-hybridized carbons (Fsp3) is 0.364. The molecule has 2 rings (SSSR count). The average Bonchev–Trinajstić information content (AvgIpc) is 3.04. The van der Waals surface area contributed by atoms with Crippen molar-refractivity contribution in [1.82, 2.24) is 0 Å². The van der Waals surface area contributed by atoms with Gasteiger partial charge in [0.15, 0.2) is 11.5 Å². The molecule has 0 spiro atoms. The molecule has 0 saturated heterocycles. The van der Waals surface area contributed by atoms with Crippen LogP contribution < -0.4 is 4.74 Å². The van der Waals surface area contributed by atoms with E-state index in [-0.39, 0.29) is 22.1 Å². The van der Waals surface area contributed by atoms with Crippen molar-refractivity contribution < 1.29 is 24.1 Å². The van der Waals surface area contributed by atoms with Gasteiger partial charge in [-0.15, -0.1) is 0 Å². The van der Waals surface area contributed by atoms with Gasteiger partial charge < -0.3 is 14.9 Å². The Bertz CT molecular complexity index is 497. The Kier molecular flexibility index (Phi) is 2.66. The summed E-state index contributed by atoms with van der Waals surface area (Å²) in [5, 5.41) is 18.4. The molecule has 0 atom stereocenters. The van der Waals surface area contributed by atoms with Crippen molar-refractivity contribution in [3.8, 4) is 11.5 Å². The Morgan fingerprint density at radius 1 is 1.59 bits per heavy atom. The Morgan fingerprint density at radius 2 is 2.18 bits per heavy atom. The van der Waals surface area contributed by atoms with E-state index in [2.05, 4.69) is 0 Å². The lowest BCUT2D eigenvalue weighted by Gasteiger charge is -2.17. The summed E-state index contributed by atoms with van der Waals surface area (Å²) in [6.07, 6.45) is 0.602. The van der Waals surface area contributed by atoms with Crippen LogP contribution in [0, 0.1) is 5.82 Å². The second-order valence-corrected chi connectivity index (χ2v) is 4.39.